The quantitative estimate of drug-likeness (QED) is 0.799. The van der Waals surface area contributed by atoms with Crippen molar-refractivity contribution in [3.63, 3.8) is 0 Å². The first kappa shape index (κ1) is 19.2. The van der Waals surface area contributed by atoms with Gasteiger partial charge >= 0.3 is 0 Å². The maximum atomic E-state index is 12.9. The van der Waals surface area contributed by atoms with Gasteiger partial charge in [-0.2, -0.15) is 5.10 Å². The number of carbonyl (C=O) groups excluding carboxylic acids is 1. The van der Waals surface area contributed by atoms with Crippen LogP contribution in [-0.2, 0) is 14.6 Å². The number of rotatable bonds is 5. The molecule has 2 aliphatic rings. The molecule has 0 spiro atoms. The van der Waals surface area contributed by atoms with Crippen LogP contribution in [-0.4, -0.2) is 33.0 Å². The Balaban J connectivity index is 1.86. The van der Waals surface area contributed by atoms with E-state index < -0.39 is 9.84 Å². The molecule has 3 rings (SSSR count). The average Bonchev–Trinajstić information content (AvgIpc) is 3.24. The van der Waals surface area contributed by atoms with Gasteiger partial charge in [-0.3, -0.25) is 4.79 Å². The molecule has 1 aromatic rings. The number of sulfone groups is 1. The third-order valence-corrected chi connectivity index (χ3v) is 6.65. The standard InChI is InChI=1S/C18H24ClN3O3S/c1-26(24,25)16-7-6-13(11-15(16)19)14(10-12-4-2-3-5-12)18(23)21-17-8-9-20-22-17/h6-7,11-12,14,20H,2-5,8-10H2,1H3,(H,21,22,23)/t14-/m1/s1. The van der Waals surface area contributed by atoms with E-state index in [4.69, 9.17) is 11.6 Å². The molecule has 1 aliphatic heterocycles. The zero-order valence-corrected chi connectivity index (χ0v) is 16.4. The fourth-order valence-electron chi connectivity index (χ4n) is 3.71. The summed E-state index contributed by atoms with van der Waals surface area (Å²) in [5, 5.41) is 7.14. The third kappa shape index (κ3) is 4.57. The molecule has 1 amide bonds. The van der Waals surface area contributed by atoms with E-state index in [0.29, 0.717) is 18.2 Å². The van der Waals surface area contributed by atoms with Crippen molar-refractivity contribution in [1.29, 1.82) is 0 Å². The Hall–Kier alpha value is -1.60. The lowest BCUT2D eigenvalue weighted by molar-refractivity contribution is -0.121. The van der Waals surface area contributed by atoms with Crippen molar-refractivity contribution >= 4 is 33.2 Å². The molecule has 0 radical (unpaired) electrons. The summed E-state index contributed by atoms with van der Waals surface area (Å²) in [5.74, 6) is 0.669. The molecule has 1 atom stereocenters. The van der Waals surface area contributed by atoms with Crippen LogP contribution in [0, 0.1) is 5.92 Å². The van der Waals surface area contributed by atoms with Gasteiger partial charge in [-0.1, -0.05) is 43.4 Å². The molecule has 2 N–H and O–H groups in total. The highest BCUT2D eigenvalue weighted by Gasteiger charge is 2.28. The van der Waals surface area contributed by atoms with E-state index >= 15 is 0 Å². The lowest BCUT2D eigenvalue weighted by Crippen LogP contribution is -2.34. The fourth-order valence-corrected chi connectivity index (χ4v) is 5.05. The van der Waals surface area contributed by atoms with Gasteiger partial charge in [0.1, 0.15) is 5.84 Å². The summed E-state index contributed by atoms with van der Waals surface area (Å²) >= 11 is 6.21. The molecule has 1 heterocycles. The summed E-state index contributed by atoms with van der Waals surface area (Å²) in [4.78, 5) is 13.0. The van der Waals surface area contributed by atoms with Crippen molar-refractivity contribution in [1.82, 2.24) is 10.7 Å². The van der Waals surface area contributed by atoms with Crippen LogP contribution in [0.5, 0.6) is 0 Å². The van der Waals surface area contributed by atoms with Crippen LogP contribution in [0.15, 0.2) is 28.2 Å². The SMILES string of the molecule is CS(=O)(=O)c1ccc([C@@H](CC2CCCC2)C(=O)NC2=NNCC2)cc1Cl. The topological polar surface area (TPSA) is 87.6 Å². The van der Waals surface area contributed by atoms with E-state index in [9.17, 15) is 13.2 Å². The van der Waals surface area contributed by atoms with Gasteiger partial charge < -0.3 is 10.7 Å². The molecule has 0 saturated heterocycles. The van der Waals surface area contributed by atoms with Gasteiger partial charge in [0.25, 0.3) is 0 Å². The minimum absolute atomic E-state index is 0.0901. The molecule has 8 heteroatoms. The largest absolute Gasteiger partial charge is 0.312 e. The van der Waals surface area contributed by atoms with Crippen molar-refractivity contribution in [2.45, 2.75) is 49.3 Å². The first-order valence-electron chi connectivity index (χ1n) is 8.94. The summed E-state index contributed by atoms with van der Waals surface area (Å²) < 4.78 is 23.6. The van der Waals surface area contributed by atoms with Crippen LogP contribution >= 0.6 is 11.6 Å². The summed E-state index contributed by atoms with van der Waals surface area (Å²) in [5.41, 5.74) is 3.60. The summed E-state index contributed by atoms with van der Waals surface area (Å²) in [6.07, 6.45) is 7.20. The van der Waals surface area contributed by atoms with Crippen LogP contribution in [0.2, 0.25) is 5.02 Å². The Morgan fingerprint density at radius 1 is 1.38 bits per heavy atom. The van der Waals surface area contributed by atoms with E-state index in [2.05, 4.69) is 15.8 Å². The number of amides is 1. The molecular formula is C18H24ClN3O3S. The molecule has 1 aromatic carbocycles. The van der Waals surface area contributed by atoms with Gasteiger partial charge in [-0.25, -0.2) is 8.42 Å². The molecular weight excluding hydrogens is 374 g/mol. The fraction of sp³-hybridized carbons (Fsp3) is 0.556. The lowest BCUT2D eigenvalue weighted by atomic mass is 9.87. The molecule has 1 fully saturated rings. The number of nitrogens with zero attached hydrogens (tertiary/aromatic N) is 1. The van der Waals surface area contributed by atoms with Gasteiger partial charge in [0.15, 0.2) is 9.84 Å². The monoisotopic (exact) mass is 397 g/mol. The summed E-state index contributed by atoms with van der Waals surface area (Å²) in [7, 11) is -3.40. The highest BCUT2D eigenvalue weighted by molar-refractivity contribution is 7.90. The van der Waals surface area contributed by atoms with Gasteiger partial charge in [-0.15, -0.1) is 0 Å². The number of hydrogen-bond acceptors (Lipinski definition) is 5. The van der Waals surface area contributed by atoms with Crippen molar-refractivity contribution in [3.8, 4) is 0 Å². The second kappa shape index (κ2) is 7.96. The smallest absolute Gasteiger partial charge is 0.232 e. The third-order valence-electron chi connectivity index (χ3n) is 5.07. The average molecular weight is 398 g/mol. The Morgan fingerprint density at radius 3 is 2.69 bits per heavy atom. The zero-order valence-electron chi connectivity index (χ0n) is 14.8. The summed E-state index contributed by atoms with van der Waals surface area (Å²) in [6, 6.07) is 4.82. The molecule has 0 bridgehead atoms. The van der Waals surface area contributed by atoms with E-state index in [1.807, 2.05) is 0 Å². The first-order valence-corrected chi connectivity index (χ1v) is 11.2. The number of benzene rings is 1. The number of halogens is 1. The number of carbonyl (C=O) groups is 1. The lowest BCUT2D eigenvalue weighted by Gasteiger charge is -2.21. The number of hydrazone groups is 1. The maximum Gasteiger partial charge on any atom is 0.232 e. The Kier molecular flexibility index (Phi) is 5.87. The second-order valence-corrected chi connectivity index (χ2v) is 9.50. The van der Waals surface area contributed by atoms with Crippen molar-refractivity contribution < 1.29 is 13.2 Å². The Labute approximate surface area is 159 Å². The molecule has 1 aliphatic carbocycles. The van der Waals surface area contributed by atoms with E-state index in [0.717, 1.165) is 37.6 Å². The highest BCUT2D eigenvalue weighted by Crippen LogP contribution is 2.36. The van der Waals surface area contributed by atoms with Crippen LogP contribution in [0.4, 0.5) is 0 Å². The number of amidine groups is 1. The van der Waals surface area contributed by atoms with E-state index in [-0.39, 0.29) is 21.7 Å². The van der Waals surface area contributed by atoms with Crippen LogP contribution in [0.3, 0.4) is 0 Å². The normalized spacial score (nSPS) is 19.1. The highest BCUT2D eigenvalue weighted by atomic mass is 35.5. The van der Waals surface area contributed by atoms with Gasteiger partial charge in [0.05, 0.1) is 15.8 Å². The van der Waals surface area contributed by atoms with Crippen molar-refractivity contribution in [2.24, 2.45) is 11.0 Å². The van der Waals surface area contributed by atoms with Crippen LogP contribution < -0.4 is 10.7 Å². The molecule has 1 saturated carbocycles. The Morgan fingerprint density at radius 2 is 2.12 bits per heavy atom. The minimum Gasteiger partial charge on any atom is -0.312 e. The molecule has 0 unspecified atom stereocenters. The molecule has 0 aromatic heterocycles. The van der Waals surface area contributed by atoms with E-state index in [1.165, 1.54) is 18.9 Å². The van der Waals surface area contributed by atoms with Crippen molar-refractivity contribution in [3.05, 3.63) is 28.8 Å². The van der Waals surface area contributed by atoms with Gasteiger partial charge in [0, 0.05) is 19.2 Å². The van der Waals surface area contributed by atoms with Gasteiger partial charge in [-0.05, 0) is 30.0 Å². The molecule has 142 valence electrons. The predicted octanol–water partition coefficient (Wildman–Crippen LogP) is 2.83. The predicted molar refractivity (Wildman–Crippen MR) is 102 cm³/mol. The summed E-state index contributed by atoms with van der Waals surface area (Å²) in [6.45, 7) is 0.720. The van der Waals surface area contributed by atoms with Crippen molar-refractivity contribution in [2.75, 3.05) is 12.8 Å². The second-order valence-electron chi connectivity index (χ2n) is 7.11. The first-order chi connectivity index (χ1) is 12.3. The van der Waals surface area contributed by atoms with Crippen LogP contribution in [0.25, 0.3) is 0 Å². The molecule has 26 heavy (non-hydrogen) atoms. The Bertz CT molecular complexity index is 817. The minimum atomic E-state index is -3.40. The zero-order chi connectivity index (χ0) is 18.7. The van der Waals surface area contributed by atoms with E-state index in [1.54, 1.807) is 12.1 Å². The van der Waals surface area contributed by atoms with Crippen LogP contribution in [0.1, 0.15) is 50.0 Å². The van der Waals surface area contributed by atoms with Gasteiger partial charge in [0.2, 0.25) is 5.91 Å². The maximum absolute atomic E-state index is 12.9. The molecule has 6 nitrogen and oxygen atoms in total. The number of nitrogens with one attached hydrogen (secondary N) is 2. The number of hydrogen-bond donors (Lipinski definition) is 2.